The van der Waals surface area contributed by atoms with Crippen LogP contribution in [-0.2, 0) is 19.6 Å². The summed E-state index contributed by atoms with van der Waals surface area (Å²) < 4.78 is 11.3. The fourth-order valence-electron chi connectivity index (χ4n) is 1.93. The second kappa shape index (κ2) is 6.13. The quantitative estimate of drug-likeness (QED) is 0.904. The largest absolute Gasteiger partial charge is 0.486 e. The summed E-state index contributed by atoms with van der Waals surface area (Å²) in [5.41, 5.74) is 7.72. The highest BCUT2D eigenvalue weighted by Gasteiger charge is 2.07. The van der Waals surface area contributed by atoms with Crippen LogP contribution in [0.25, 0.3) is 0 Å². The van der Waals surface area contributed by atoms with Gasteiger partial charge < -0.3 is 14.9 Å². The molecule has 1 aromatic heterocycles. The summed E-state index contributed by atoms with van der Waals surface area (Å²) in [6, 6.07) is 7.64. The van der Waals surface area contributed by atoms with Crippen molar-refractivity contribution in [3.8, 4) is 5.75 Å². The van der Waals surface area contributed by atoms with Gasteiger partial charge in [0.25, 0.3) is 0 Å². The molecule has 0 atom stereocenters. The molecule has 1 aromatic carbocycles. The standard InChI is InChI=1S/C15H18ClNO2/c1-3-11-7-12(4-5-14(11)16)18-9-13-6-10(2)15(8-17)19-13/h4-7H,3,8-9,17H2,1-2H3. The summed E-state index contributed by atoms with van der Waals surface area (Å²) in [5.74, 6) is 2.39. The molecule has 3 nitrogen and oxygen atoms in total. The predicted octanol–water partition coefficient (Wildman–Crippen LogP) is 3.84. The minimum absolute atomic E-state index is 0.394. The summed E-state index contributed by atoms with van der Waals surface area (Å²) >= 11 is 6.07. The molecule has 0 unspecified atom stereocenters. The molecule has 0 aliphatic rings. The van der Waals surface area contributed by atoms with E-state index in [-0.39, 0.29) is 0 Å². The first-order valence-electron chi connectivity index (χ1n) is 6.33. The van der Waals surface area contributed by atoms with Gasteiger partial charge in [-0.2, -0.15) is 0 Å². The van der Waals surface area contributed by atoms with Crippen LogP contribution in [0.5, 0.6) is 5.75 Å². The molecule has 0 saturated carbocycles. The van der Waals surface area contributed by atoms with Gasteiger partial charge in [-0.1, -0.05) is 18.5 Å². The second-order valence-electron chi connectivity index (χ2n) is 4.42. The molecule has 1 heterocycles. The third-order valence-corrected chi connectivity index (χ3v) is 3.40. The number of rotatable bonds is 5. The van der Waals surface area contributed by atoms with Crippen LogP contribution < -0.4 is 10.5 Å². The van der Waals surface area contributed by atoms with Crippen LogP contribution in [0.3, 0.4) is 0 Å². The van der Waals surface area contributed by atoms with Crippen molar-refractivity contribution in [1.82, 2.24) is 0 Å². The predicted molar refractivity (Wildman–Crippen MR) is 76.5 cm³/mol. The van der Waals surface area contributed by atoms with Crippen molar-refractivity contribution in [3.05, 3.63) is 51.9 Å². The number of furan rings is 1. The number of halogens is 1. The molecule has 0 aliphatic heterocycles. The fraction of sp³-hybridized carbons (Fsp3) is 0.333. The van der Waals surface area contributed by atoms with Crippen molar-refractivity contribution >= 4 is 11.6 Å². The highest BCUT2D eigenvalue weighted by Crippen LogP contribution is 2.23. The summed E-state index contributed by atoms with van der Waals surface area (Å²) in [5, 5.41) is 0.772. The summed E-state index contributed by atoms with van der Waals surface area (Å²) in [4.78, 5) is 0. The van der Waals surface area contributed by atoms with Gasteiger partial charge in [-0.15, -0.1) is 0 Å². The van der Waals surface area contributed by atoms with Crippen LogP contribution >= 0.6 is 11.6 Å². The zero-order valence-corrected chi connectivity index (χ0v) is 12.0. The van der Waals surface area contributed by atoms with E-state index < -0.39 is 0 Å². The molecule has 0 fully saturated rings. The van der Waals surface area contributed by atoms with Crippen molar-refractivity contribution in [2.45, 2.75) is 33.4 Å². The Kier molecular flexibility index (Phi) is 4.51. The zero-order chi connectivity index (χ0) is 13.8. The van der Waals surface area contributed by atoms with E-state index in [4.69, 9.17) is 26.5 Å². The average molecular weight is 280 g/mol. The van der Waals surface area contributed by atoms with Crippen LogP contribution in [0.1, 0.15) is 29.6 Å². The third-order valence-electron chi connectivity index (χ3n) is 3.04. The van der Waals surface area contributed by atoms with E-state index in [1.54, 1.807) is 0 Å². The van der Waals surface area contributed by atoms with Crippen LogP contribution in [-0.4, -0.2) is 0 Å². The molecule has 2 rings (SSSR count). The van der Waals surface area contributed by atoms with Gasteiger partial charge in [-0.05, 0) is 48.7 Å². The van der Waals surface area contributed by atoms with E-state index in [9.17, 15) is 0 Å². The van der Waals surface area contributed by atoms with Crippen LogP contribution in [0, 0.1) is 6.92 Å². The minimum Gasteiger partial charge on any atom is -0.486 e. The lowest BCUT2D eigenvalue weighted by Crippen LogP contribution is -1.96. The van der Waals surface area contributed by atoms with Gasteiger partial charge in [0, 0.05) is 5.02 Å². The first-order chi connectivity index (χ1) is 9.13. The van der Waals surface area contributed by atoms with Gasteiger partial charge >= 0.3 is 0 Å². The van der Waals surface area contributed by atoms with E-state index in [1.165, 1.54) is 0 Å². The van der Waals surface area contributed by atoms with Gasteiger partial charge in [0.15, 0.2) is 0 Å². The zero-order valence-electron chi connectivity index (χ0n) is 11.2. The topological polar surface area (TPSA) is 48.4 Å². The Hall–Kier alpha value is -1.45. The van der Waals surface area contributed by atoms with Crippen LogP contribution in [0.15, 0.2) is 28.7 Å². The highest BCUT2D eigenvalue weighted by atomic mass is 35.5. The molecular weight excluding hydrogens is 262 g/mol. The molecule has 2 aromatic rings. The number of hydrogen-bond acceptors (Lipinski definition) is 3. The first-order valence-corrected chi connectivity index (χ1v) is 6.71. The second-order valence-corrected chi connectivity index (χ2v) is 4.83. The van der Waals surface area contributed by atoms with E-state index >= 15 is 0 Å². The molecule has 4 heteroatoms. The van der Waals surface area contributed by atoms with Crippen molar-refractivity contribution < 1.29 is 9.15 Å². The lowest BCUT2D eigenvalue weighted by atomic mass is 10.1. The van der Waals surface area contributed by atoms with Gasteiger partial charge in [-0.25, -0.2) is 0 Å². The number of nitrogens with two attached hydrogens (primary N) is 1. The van der Waals surface area contributed by atoms with E-state index in [0.29, 0.717) is 13.2 Å². The number of aryl methyl sites for hydroxylation is 2. The summed E-state index contributed by atoms with van der Waals surface area (Å²) in [6.45, 7) is 4.85. The molecule has 0 radical (unpaired) electrons. The Bertz CT molecular complexity index is 563. The molecular formula is C15H18ClNO2. The van der Waals surface area contributed by atoms with Crippen molar-refractivity contribution in [2.24, 2.45) is 5.73 Å². The maximum atomic E-state index is 6.07. The van der Waals surface area contributed by atoms with Gasteiger partial charge in [-0.3, -0.25) is 0 Å². The lowest BCUT2D eigenvalue weighted by Gasteiger charge is -2.07. The van der Waals surface area contributed by atoms with Crippen molar-refractivity contribution in [2.75, 3.05) is 0 Å². The number of hydrogen-bond donors (Lipinski definition) is 1. The summed E-state index contributed by atoms with van der Waals surface area (Å²) in [6.07, 6.45) is 0.882. The number of benzene rings is 1. The van der Waals surface area contributed by atoms with Gasteiger partial charge in [0.05, 0.1) is 6.54 Å². The Morgan fingerprint density at radius 1 is 1.32 bits per heavy atom. The Morgan fingerprint density at radius 3 is 2.74 bits per heavy atom. The molecule has 2 N–H and O–H groups in total. The Balaban J connectivity index is 2.05. The summed E-state index contributed by atoms with van der Waals surface area (Å²) in [7, 11) is 0. The third kappa shape index (κ3) is 3.31. The van der Waals surface area contributed by atoms with Crippen molar-refractivity contribution in [3.63, 3.8) is 0 Å². The maximum Gasteiger partial charge on any atom is 0.146 e. The van der Waals surface area contributed by atoms with Gasteiger partial charge in [0.2, 0.25) is 0 Å². The normalized spacial score (nSPS) is 10.7. The molecule has 0 aliphatic carbocycles. The molecule has 0 spiro atoms. The smallest absolute Gasteiger partial charge is 0.146 e. The van der Waals surface area contributed by atoms with Gasteiger partial charge in [0.1, 0.15) is 23.9 Å². The fourth-order valence-corrected chi connectivity index (χ4v) is 2.18. The SMILES string of the molecule is CCc1cc(OCc2cc(C)c(CN)o2)ccc1Cl. The van der Waals surface area contributed by atoms with Crippen LogP contribution in [0.4, 0.5) is 0 Å². The van der Waals surface area contributed by atoms with E-state index in [1.807, 2.05) is 31.2 Å². The molecule has 0 bridgehead atoms. The Morgan fingerprint density at radius 2 is 2.11 bits per heavy atom. The highest BCUT2D eigenvalue weighted by molar-refractivity contribution is 6.31. The van der Waals surface area contributed by atoms with Crippen LogP contribution in [0.2, 0.25) is 5.02 Å². The number of ether oxygens (including phenoxy) is 1. The first kappa shape index (κ1) is 14.0. The minimum atomic E-state index is 0.394. The monoisotopic (exact) mass is 279 g/mol. The maximum absolute atomic E-state index is 6.07. The lowest BCUT2D eigenvalue weighted by molar-refractivity contribution is 0.266. The van der Waals surface area contributed by atoms with E-state index in [0.717, 1.165) is 39.8 Å². The van der Waals surface area contributed by atoms with E-state index in [2.05, 4.69) is 6.92 Å². The Labute approximate surface area is 118 Å². The molecule has 19 heavy (non-hydrogen) atoms. The molecule has 0 amide bonds. The average Bonchev–Trinajstić information content (AvgIpc) is 2.78. The molecule has 102 valence electrons. The van der Waals surface area contributed by atoms with Crippen molar-refractivity contribution in [1.29, 1.82) is 0 Å². The molecule has 0 saturated heterocycles.